The molecule has 0 spiro atoms. The maximum absolute atomic E-state index is 12.0. The second kappa shape index (κ2) is 8.73. The first-order valence-electron chi connectivity index (χ1n) is 8.79. The third-order valence-electron chi connectivity index (χ3n) is 4.63. The van der Waals surface area contributed by atoms with Crippen molar-refractivity contribution in [1.29, 1.82) is 0 Å². The van der Waals surface area contributed by atoms with Gasteiger partial charge >= 0.3 is 0 Å². The van der Waals surface area contributed by atoms with Gasteiger partial charge in [-0.1, -0.05) is 30.3 Å². The Labute approximate surface area is 148 Å². The van der Waals surface area contributed by atoms with Crippen LogP contribution in [-0.4, -0.2) is 70.2 Å². The van der Waals surface area contributed by atoms with E-state index in [1.54, 1.807) is 11.0 Å². The number of hydrogen-bond donors (Lipinski definition) is 1. The molecule has 0 radical (unpaired) electrons. The molecule has 25 heavy (non-hydrogen) atoms. The normalized spacial score (nSPS) is 19.0. The van der Waals surface area contributed by atoms with Gasteiger partial charge in [0.2, 0.25) is 5.91 Å². The predicted octanol–water partition coefficient (Wildman–Crippen LogP) is 0.773. The van der Waals surface area contributed by atoms with Crippen LogP contribution in [0.1, 0.15) is 18.0 Å². The first-order chi connectivity index (χ1) is 12.2. The molecule has 1 N–H and O–H groups in total. The monoisotopic (exact) mass is 342 g/mol. The van der Waals surface area contributed by atoms with Crippen molar-refractivity contribution in [1.82, 2.24) is 29.9 Å². The van der Waals surface area contributed by atoms with E-state index < -0.39 is 0 Å². The number of piperazine rings is 1. The fourth-order valence-corrected chi connectivity index (χ4v) is 3.21. The average Bonchev–Trinajstić information content (AvgIpc) is 3.15. The van der Waals surface area contributed by atoms with Gasteiger partial charge in [0.1, 0.15) is 12.7 Å². The van der Waals surface area contributed by atoms with Crippen LogP contribution >= 0.6 is 0 Å². The molecule has 7 nitrogen and oxygen atoms in total. The molecule has 0 bridgehead atoms. The zero-order chi connectivity index (χ0) is 17.5. The van der Waals surface area contributed by atoms with Gasteiger partial charge in [0, 0.05) is 45.2 Å². The molecule has 1 amide bonds. The molecule has 0 aliphatic carbocycles. The Morgan fingerprint density at radius 1 is 1.24 bits per heavy atom. The standard InChI is InChI=1S/C18H26N6O/c1-22-11-12-23(17(13-22)16-5-3-2-4-6-16)10-8-20-18(25)7-9-24-15-19-14-21-24/h2-6,14-15,17H,7-13H2,1H3,(H,20,25)/t17-/m1/s1. The topological polar surface area (TPSA) is 66.3 Å². The van der Waals surface area contributed by atoms with Crippen LogP contribution in [0, 0.1) is 0 Å². The van der Waals surface area contributed by atoms with E-state index >= 15 is 0 Å². The lowest BCUT2D eigenvalue weighted by molar-refractivity contribution is -0.121. The summed E-state index contributed by atoms with van der Waals surface area (Å²) in [6.45, 7) is 5.19. The first kappa shape index (κ1) is 17.6. The second-order valence-corrected chi connectivity index (χ2v) is 6.48. The summed E-state index contributed by atoms with van der Waals surface area (Å²) in [7, 11) is 2.17. The minimum Gasteiger partial charge on any atom is -0.355 e. The van der Waals surface area contributed by atoms with Crippen LogP contribution in [0.25, 0.3) is 0 Å². The van der Waals surface area contributed by atoms with E-state index in [1.807, 2.05) is 0 Å². The number of amides is 1. The average molecular weight is 342 g/mol. The molecular weight excluding hydrogens is 316 g/mol. The molecule has 1 fully saturated rings. The fourth-order valence-electron chi connectivity index (χ4n) is 3.21. The van der Waals surface area contributed by atoms with Gasteiger partial charge in [-0.05, 0) is 12.6 Å². The highest BCUT2D eigenvalue weighted by molar-refractivity contribution is 5.75. The molecule has 2 aromatic rings. The third-order valence-corrected chi connectivity index (χ3v) is 4.63. The Kier molecular flexibility index (Phi) is 6.14. The van der Waals surface area contributed by atoms with E-state index in [0.29, 0.717) is 25.6 Å². The Hall–Kier alpha value is -2.25. The summed E-state index contributed by atoms with van der Waals surface area (Å²) >= 11 is 0. The van der Waals surface area contributed by atoms with Crippen molar-refractivity contribution in [2.75, 3.05) is 39.8 Å². The lowest BCUT2D eigenvalue weighted by Crippen LogP contribution is -2.49. The van der Waals surface area contributed by atoms with Crippen LogP contribution in [0.4, 0.5) is 0 Å². The highest BCUT2D eigenvalue weighted by Crippen LogP contribution is 2.24. The van der Waals surface area contributed by atoms with Gasteiger partial charge in [0.15, 0.2) is 0 Å². The molecule has 1 atom stereocenters. The molecule has 0 unspecified atom stereocenters. The fraction of sp³-hybridized carbons (Fsp3) is 0.500. The first-order valence-corrected chi connectivity index (χ1v) is 8.79. The van der Waals surface area contributed by atoms with Crippen LogP contribution in [0.5, 0.6) is 0 Å². The van der Waals surface area contributed by atoms with Gasteiger partial charge < -0.3 is 10.2 Å². The Bertz CT molecular complexity index is 645. The number of likely N-dealkylation sites (N-methyl/N-ethyl adjacent to an activating group) is 1. The zero-order valence-electron chi connectivity index (χ0n) is 14.7. The van der Waals surface area contributed by atoms with E-state index in [-0.39, 0.29) is 5.91 Å². The van der Waals surface area contributed by atoms with E-state index in [2.05, 4.69) is 62.6 Å². The summed E-state index contributed by atoms with van der Waals surface area (Å²) in [6, 6.07) is 11.0. The Morgan fingerprint density at radius 2 is 2.08 bits per heavy atom. The van der Waals surface area contributed by atoms with Crippen LogP contribution in [0.15, 0.2) is 43.0 Å². The number of carbonyl (C=O) groups excluding carboxylic acids is 1. The largest absolute Gasteiger partial charge is 0.355 e. The maximum Gasteiger partial charge on any atom is 0.221 e. The van der Waals surface area contributed by atoms with E-state index in [1.165, 1.54) is 11.9 Å². The molecular formula is C18H26N6O. The summed E-state index contributed by atoms with van der Waals surface area (Å²) < 4.78 is 1.67. The molecule has 134 valence electrons. The maximum atomic E-state index is 12.0. The number of rotatable bonds is 7. The molecule has 1 aliphatic rings. The molecule has 3 rings (SSSR count). The van der Waals surface area contributed by atoms with Gasteiger partial charge in [-0.15, -0.1) is 0 Å². The van der Waals surface area contributed by atoms with Crippen LogP contribution in [0.2, 0.25) is 0 Å². The number of aromatic nitrogens is 3. The number of nitrogens with zero attached hydrogens (tertiary/aromatic N) is 5. The highest BCUT2D eigenvalue weighted by Gasteiger charge is 2.26. The van der Waals surface area contributed by atoms with Crippen molar-refractivity contribution in [2.24, 2.45) is 0 Å². The van der Waals surface area contributed by atoms with E-state index in [9.17, 15) is 4.79 Å². The molecule has 2 heterocycles. The smallest absolute Gasteiger partial charge is 0.221 e. The number of nitrogens with one attached hydrogen (secondary N) is 1. The summed E-state index contributed by atoms with van der Waals surface area (Å²) in [4.78, 5) is 20.7. The van der Waals surface area contributed by atoms with Crippen molar-refractivity contribution in [3.05, 3.63) is 48.5 Å². The Morgan fingerprint density at radius 3 is 2.84 bits per heavy atom. The van der Waals surface area contributed by atoms with Crippen molar-refractivity contribution in [2.45, 2.75) is 19.0 Å². The van der Waals surface area contributed by atoms with Gasteiger partial charge in [-0.3, -0.25) is 14.4 Å². The number of carbonyl (C=O) groups is 1. The highest BCUT2D eigenvalue weighted by atomic mass is 16.1. The minimum atomic E-state index is 0.0564. The number of aryl methyl sites for hydroxylation is 1. The minimum absolute atomic E-state index is 0.0564. The lowest BCUT2D eigenvalue weighted by atomic mass is 10.0. The summed E-state index contributed by atoms with van der Waals surface area (Å²) in [5.41, 5.74) is 1.34. The zero-order valence-corrected chi connectivity index (χ0v) is 14.7. The molecule has 1 aromatic heterocycles. The quantitative estimate of drug-likeness (QED) is 0.805. The van der Waals surface area contributed by atoms with E-state index in [4.69, 9.17) is 0 Å². The number of benzene rings is 1. The van der Waals surface area contributed by atoms with Crippen molar-refractivity contribution >= 4 is 5.91 Å². The molecule has 1 aliphatic heterocycles. The van der Waals surface area contributed by atoms with Gasteiger partial charge in [-0.2, -0.15) is 5.10 Å². The van der Waals surface area contributed by atoms with Crippen LogP contribution in [0.3, 0.4) is 0 Å². The van der Waals surface area contributed by atoms with Crippen LogP contribution < -0.4 is 5.32 Å². The summed E-state index contributed by atoms with van der Waals surface area (Å²) in [5.74, 6) is 0.0564. The van der Waals surface area contributed by atoms with Gasteiger partial charge in [-0.25, -0.2) is 4.98 Å². The molecule has 0 saturated carbocycles. The van der Waals surface area contributed by atoms with Crippen molar-refractivity contribution in [3.63, 3.8) is 0 Å². The van der Waals surface area contributed by atoms with Crippen LogP contribution in [-0.2, 0) is 11.3 Å². The predicted molar refractivity (Wildman–Crippen MR) is 95.9 cm³/mol. The van der Waals surface area contributed by atoms with Crippen molar-refractivity contribution < 1.29 is 4.79 Å². The lowest BCUT2D eigenvalue weighted by Gasteiger charge is -2.40. The number of hydrogen-bond acceptors (Lipinski definition) is 5. The Balaban J connectivity index is 1.46. The van der Waals surface area contributed by atoms with E-state index in [0.717, 1.165) is 26.2 Å². The molecule has 1 aromatic carbocycles. The molecule has 1 saturated heterocycles. The second-order valence-electron chi connectivity index (χ2n) is 6.48. The van der Waals surface area contributed by atoms with Crippen molar-refractivity contribution in [3.8, 4) is 0 Å². The summed E-state index contributed by atoms with van der Waals surface area (Å²) in [6.07, 6.45) is 3.53. The summed E-state index contributed by atoms with van der Waals surface area (Å²) in [5, 5.41) is 7.03. The van der Waals surface area contributed by atoms with Gasteiger partial charge in [0.05, 0.1) is 6.54 Å². The van der Waals surface area contributed by atoms with Gasteiger partial charge in [0.25, 0.3) is 0 Å². The third kappa shape index (κ3) is 5.11. The molecule has 7 heteroatoms. The SMILES string of the molecule is CN1CCN(CCNC(=O)CCn2cncn2)[C@@H](c2ccccc2)C1.